The fourth-order valence-corrected chi connectivity index (χ4v) is 2.85. The van der Waals surface area contributed by atoms with Crippen LogP contribution in [0.3, 0.4) is 0 Å². The van der Waals surface area contributed by atoms with Crippen LogP contribution in [0, 0.1) is 0 Å². The third-order valence-electron chi connectivity index (χ3n) is 3.67. The van der Waals surface area contributed by atoms with Gasteiger partial charge in [0.25, 0.3) is 0 Å². The van der Waals surface area contributed by atoms with Gasteiger partial charge in [0.05, 0.1) is 6.42 Å². The lowest BCUT2D eigenvalue weighted by Crippen LogP contribution is -2.49. The standard InChI is InChI=1S/C15H21ClN2O/c1-2-18(13-7-5-9-17-11-13)15(19)10-12-6-3-4-8-14(12)16/h3-4,6,8,13,17H,2,5,7,9-11H2,1H3. The molecule has 4 heteroatoms. The first-order valence-electron chi connectivity index (χ1n) is 6.96. The maximum Gasteiger partial charge on any atom is 0.227 e. The van der Waals surface area contributed by atoms with Gasteiger partial charge in [-0.3, -0.25) is 4.79 Å². The Bertz CT molecular complexity index is 430. The molecule has 1 heterocycles. The highest BCUT2D eigenvalue weighted by Gasteiger charge is 2.24. The Balaban J connectivity index is 2.02. The van der Waals surface area contributed by atoms with E-state index in [1.165, 1.54) is 0 Å². The molecule has 3 nitrogen and oxygen atoms in total. The molecule has 1 amide bonds. The van der Waals surface area contributed by atoms with Crippen molar-refractivity contribution in [2.45, 2.75) is 32.2 Å². The number of rotatable bonds is 4. The van der Waals surface area contributed by atoms with Crippen molar-refractivity contribution in [3.63, 3.8) is 0 Å². The van der Waals surface area contributed by atoms with Crippen LogP contribution < -0.4 is 5.32 Å². The molecule has 1 unspecified atom stereocenters. The van der Waals surface area contributed by atoms with Gasteiger partial charge in [-0.15, -0.1) is 0 Å². The molecule has 0 spiro atoms. The summed E-state index contributed by atoms with van der Waals surface area (Å²) in [6.07, 6.45) is 2.62. The normalized spacial score (nSPS) is 19.2. The Labute approximate surface area is 119 Å². The number of piperidine rings is 1. The summed E-state index contributed by atoms with van der Waals surface area (Å²) in [7, 11) is 0. The van der Waals surface area contributed by atoms with Crippen LogP contribution in [-0.2, 0) is 11.2 Å². The second kappa shape index (κ2) is 6.92. The van der Waals surface area contributed by atoms with Gasteiger partial charge in [0.2, 0.25) is 5.91 Å². The maximum atomic E-state index is 12.4. The first kappa shape index (κ1) is 14.4. The minimum absolute atomic E-state index is 0.171. The second-order valence-corrected chi connectivity index (χ2v) is 5.36. The zero-order chi connectivity index (χ0) is 13.7. The van der Waals surface area contributed by atoms with Gasteiger partial charge in [0, 0.05) is 24.2 Å². The number of amides is 1. The van der Waals surface area contributed by atoms with E-state index >= 15 is 0 Å². The summed E-state index contributed by atoms with van der Waals surface area (Å²) in [6, 6.07) is 7.90. The number of hydrogen-bond donors (Lipinski definition) is 1. The molecular weight excluding hydrogens is 260 g/mol. The highest BCUT2D eigenvalue weighted by atomic mass is 35.5. The number of nitrogens with zero attached hydrogens (tertiary/aromatic N) is 1. The highest BCUT2D eigenvalue weighted by Crippen LogP contribution is 2.18. The molecule has 0 aliphatic carbocycles. The average molecular weight is 281 g/mol. The first-order chi connectivity index (χ1) is 9.22. The van der Waals surface area contributed by atoms with Gasteiger partial charge >= 0.3 is 0 Å². The molecule has 0 radical (unpaired) electrons. The van der Waals surface area contributed by atoms with Crippen LogP contribution in [0.25, 0.3) is 0 Å². The molecule has 0 aromatic heterocycles. The van der Waals surface area contributed by atoms with Crippen molar-refractivity contribution in [2.24, 2.45) is 0 Å². The predicted octanol–water partition coefficient (Wildman–Crippen LogP) is 2.48. The highest BCUT2D eigenvalue weighted by molar-refractivity contribution is 6.31. The van der Waals surface area contributed by atoms with Gasteiger partial charge < -0.3 is 10.2 Å². The van der Waals surface area contributed by atoms with Gasteiger partial charge in [0.15, 0.2) is 0 Å². The Kier molecular flexibility index (Phi) is 5.23. The van der Waals surface area contributed by atoms with Crippen molar-refractivity contribution in [3.05, 3.63) is 34.9 Å². The Morgan fingerprint density at radius 1 is 1.47 bits per heavy atom. The van der Waals surface area contributed by atoms with Crippen LogP contribution in [0.5, 0.6) is 0 Å². The van der Waals surface area contributed by atoms with Crippen molar-refractivity contribution in [2.75, 3.05) is 19.6 Å². The summed E-state index contributed by atoms with van der Waals surface area (Å²) in [4.78, 5) is 14.4. The fourth-order valence-electron chi connectivity index (χ4n) is 2.64. The second-order valence-electron chi connectivity index (χ2n) is 4.95. The molecule has 1 atom stereocenters. The first-order valence-corrected chi connectivity index (χ1v) is 7.33. The molecule has 1 aliphatic heterocycles. The molecule has 1 aromatic rings. The summed E-state index contributed by atoms with van der Waals surface area (Å²) in [5.74, 6) is 0.171. The van der Waals surface area contributed by atoms with Crippen LogP contribution >= 0.6 is 11.6 Å². The van der Waals surface area contributed by atoms with Crippen molar-refractivity contribution in [1.29, 1.82) is 0 Å². The van der Waals surface area contributed by atoms with E-state index in [1.807, 2.05) is 36.1 Å². The largest absolute Gasteiger partial charge is 0.338 e. The number of halogens is 1. The molecule has 104 valence electrons. The number of hydrogen-bond acceptors (Lipinski definition) is 2. The molecule has 1 aromatic carbocycles. The molecular formula is C15H21ClN2O. The lowest BCUT2D eigenvalue weighted by Gasteiger charge is -2.34. The van der Waals surface area contributed by atoms with Gasteiger partial charge in [0.1, 0.15) is 0 Å². The zero-order valence-corrected chi connectivity index (χ0v) is 12.1. The van der Waals surface area contributed by atoms with Crippen molar-refractivity contribution in [1.82, 2.24) is 10.2 Å². The molecule has 2 rings (SSSR count). The molecule has 19 heavy (non-hydrogen) atoms. The molecule has 0 bridgehead atoms. The van der Waals surface area contributed by atoms with Crippen molar-refractivity contribution in [3.8, 4) is 0 Å². The summed E-state index contributed by atoms with van der Waals surface area (Å²) in [6.45, 7) is 4.77. The Hall–Kier alpha value is -1.06. The van der Waals surface area contributed by atoms with Gasteiger partial charge in [-0.2, -0.15) is 0 Å². The summed E-state index contributed by atoms with van der Waals surface area (Å²) in [5.41, 5.74) is 0.913. The molecule has 1 fully saturated rings. The van der Waals surface area contributed by atoms with Crippen LogP contribution in [0.2, 0.25) is 5.02 Å². The van der Waals surface area contributed by atoms with E-state index in [9.17, 15) is 4.79 Å². The SMILES string of the molecule is CCN(C(=O)Cc1ccccc1Cl)C1CCCNC1. The fraction of sp³-hybridized carbons (Fsp3) is 0.533. The maximum absolute atomic E-state index is 12.4. The Morgan fingerprint density at radius 3 is 2.89 bits per heavy atom. The van der Waals surface area contributed by atoms with Crippen molar-refractivity contribution < 1.29 is 4.79 Å². The van der Waals surface area contributed by atoms with Crippen LogP contribution in [0.4, 0.5) is 0 Å². The molecule has 0 saturated carbocycles. The summed E-state index contributed by atoms with van der Waals surface area (Å²) >= 11 is 6.12. The minimum atomic E-state index is 0.171. The predicted molar refractivity (Wildman–Crippen MR) is 78.4 cm³/mol. The lowest BCUT2D eigenvalue weighted by atomic mass is 10.0. The van der Waals surface area contributed by atoms with E-state index in [-0.39, 0.29) is 5.91 Å². The van der Waals surface area contributed by atoms with Gasteiger partial charge in [-0.25, -0.2) is 0 Å². The monoisotopic (exact) mass is 280 g/mol. The van der Waals surface area contributed by atoms with E-state index in [0.717, 1.165) is 38.0 Å². The summed E-state index contributed by atoms with van der Waals surface area (Å²) in [5, 5.41) is 4.03. The number of benzene rings is 1. The van der Waals surface area contributed by atoms with E-state index in [1.54, 1.807) is 0 Å². The average Bonchev–Trinajstić information content (AvgIpc) is 2.43. The van der Waals surface area contributed by atoms with Crippen LogP contribution in [-0.4, -0.2) is 36.5 Å². The summed E-state index contributed by atoms with van der Waals surface area (Å²) < 4.78 is 0. The lowest BCUT2D eigenvalue weighted by molar-refractivity contribution is -0.132. The zero-order valence-electron chi connectivity index (χ0n) is 11.4. The number of likely N-dealkylation sites (N-methyl/N-ethyl adjacent to an activating group) is 1. The molecule has 1 N–H and O–H groups in total. The molecule has 1 saturated heterocycles. The number of carbonyl (C=O) groups excluding carboxylic acids is 1. The smallest absolute Gasteiger partial charge is 0.227 e. The van der Waals surface area contributed by atoms with Crippen molar-refractivity contribution >= 4 is 17.5 Å². The van der Waals surface area contributed by atoms with E-state index in [2.05, 4.69) is 5.32 Å². The van der Waals surface area contributed by atoms with Crippen LogP contribution in [0.15, 0.2) is 24.3 Å². The van der Waals surface area contributed by atoms with Gasteiger partial charge in [-0.05, 0) is 37.9 Å². The number of nitrogens with one attached hydrogen (secondary N) is 1. The minimum Gasteiger partial charge on any atom is -0.338 e. The molecule has 1 aliphatic rings. The topological polar surface area (TPSA) is 32.3 Å². The van der Waals surface area contributed by atoms with Crippen LogP contribution in [0.1, 0.15) is 25.3 Å². The van der Waals surface area contributed by atoms with E-state index < -0.39 is 0 Å². The Morgan fingerprint density at radius 2 is 2.26 bits per heavy atom. The third kappa shape index (κ3) is 3.71. The quantitative estimate of drug-likeness (QED) is 0.919. The van der Waals surface area contributed by atoms with E-state index in [0.29, 0.717) is 17.5 Å². The van der Waals surface area contributed by atoms with E-state index in [4.69, 9.17) is 11.6 Å². The number of carbonyl (C=O) groups is 1. The van der Waals surface area contributed by atoms with Gasteiger partial charge in [-0.1, -0.05) is 29.8 Å². The third-order valence-corrected chi connectivity index (χ3v) is 4.04.